The first-order valence-corrected chi connectivity index (χ1v) is 11.4. The lowest BCUT2D eigenvalue weighted by atomic mass is 10.1. The molecule has 1 amide bonds. The van der Waals surface area contributed by atoms with Crippen LogP contribution in [0.3, 0.4) is 0 Å². The van der Waals surface area contributed by atoms with E-state index in [0.29, 0.717) is 48.9 Å². The van der Waals surface area contributed by atoms with Crippen LogP contribution in [0.2, 0.25) is 0 Å². The molecule has 5 rings (SSSR count). The lowest BCUT2D eigenvalue weighted by Crippen LogP contribution is -2.48. The van der Waals surface area contributed by atoms with Gasteiger partial charge in [-0.25, -0.2) is 9.07 Å². The Morgan fingerprint density at radius 3 is 2.43 bits per heavy atom. The summed E-state index contributed by atoms with van der Waals surface area (Å²) < 4.78 is 20.4. The number of anilines is 1. The molecule has 3 aromatic carbocycles. The van der Waals surface area contributed by atoms with Crippen molar-refractivity contribution in [2.45, 2.75) is 0 Å². The fraction of sp³-hybridized carbons (Fsp3) is 0.185. The maximum absolute atomic E-state index is 13.7. The van der Waals surface area contributed by atoms with Crippen molar-refractivity contribution in [1.82, 2.24) is 14.7 Å². The van der Waals surface area contributed by atoms with Gasteiger partial charge in [-0.15, -0.1) is 0 Å². The number of halogens is 1. The Morgan fingerprint density at radius 1 is 0.971 bits per heavy atom. The van der Waals surface area contributed by atoms with Gasteiger partial charge in [0, 0.05) is 37.9 Å². The average Bonchev–Trinajstić information content (AvgIpc) is 3.35. The van der Waals surface area contributed by atoms with Crippen molar-refractivity contribution in [1.29, 1.82) is 0 Å². The highest BCUT2D eigenvalue weighted by Gasteiger charge is 2.27. The summed E-state index contributed by atoms with van der Waals surface area (Å²) in [6.07, 6.45) is 1.69. The van der Waals surface area contributed by atoms with Crippen molar-refractivity contribution in [2.75, 3.05) is 38.2 Å². The molecular weight excluding hydrogens is 447 g/mol. The Morgan fingerprint density at radius 2 is 1.71 bits per heavy atom. The fourth-order valence-corrected chi connectivity index (χ4v) is 4.29. The number of nitrogens with zero attached hydrogens (tertiary/aromatic N) is 4. The van der Waals surface area contributed by atoms with E-state index in [0.717, 1.165) is 11.3 Å². The highest BCUT2D eigenvalue weighted by molar-refractivity contribution is 6.00. The second kappa shape index (κ2) is 9.50. The molecular formula is C27H25FN4O3. The summed E-state index contributed by atoms with van der Waals surface area (Å²) >= 11 is 0. The number of hydrogen-bond acceptors (Lipinski definition) is 5. The predicted octanol–water partition coefficient (Wildman–Crippen LogP) is 4.36. The summed E-state index contributed by atoms with van der Waals surface area (Å²) in [7, 11) is 1.59. The van der Waals surface area contributed by atoms with Crippen molar-refractivity contribution in [3.8, 4) is 28.4 Å². The maximum atomic E-state index is 13.7. The topological polar surface area (TPSA) is 70.8 Å². The molecule has 1 saturated heterocycles. The summed E-state index contributed by atoms with van der Waals surface area (Å²) in [6, 6.07) is 20.6. The minimum Gasteiger partial charge on any atom is -0.506 e. The number of benzene rings is 3. The third kappa shape index (κ3) is 4.55. The van der Waals surface area contributed by atoms with Gasteiger partial charge in [0.25, 0.3) is 5.91 Å². The molecule has 1 aliphatic heterocycles. The van der Waals surface area contributed by atoms with Crippen molar-refractivity contribution < 1.29 is 19.0 Å². The number of aromatic nitrogens is 2. The highest BCUT2D eigenvalue weighted by Crippen LogP contribution is 2.30. The van der Waals surface area contributed by atoms with Crippen molar-refractivity contribution in [3.05, 3.63) is 90.4 Å². The van der Waals surface area contributed by atoms with E-state index >= 15 is 0 Å². The van der Waals surface area contributed by atoms with Crippen LogP contribution in [-0.2, 0) is 0 Å². The number of amides is 1. The van der Waals surface area contributed by atoms with Crippen LogP contribution >= 0.6 is 0 Å². The summed E-state index contributed by atoms with van der Waals surface area (Å²) in [5.74, 6) is 0.419. The molecule has 4 aromatic rings. The Balaban J connectivity index is 1.45. The van der Waals surface area contributed by atoms with E-state index in [-0.39, 0.29) is 17.5 Å². The summed E-state index contributed by atoms with van der Waals surface area (Å²) in [5.41, 5.74) is 3.15. The first-order chi connectivity index (χ1) is 17.0. The molecule has 1 aromatic heterocycles. The van der Waals surface area contributed by atoms with E-state index in [4.69, 9.17) is 9.84 Å². The number of aromatic hydroxyl groups is 1. The molecule has 7 nitrogen and oxygen atoms in total. The van der Waals surface area contributed by atoms with Crippen LogP contribution in [0, 0.1) is 5.82 Å². The molecule has 0 unspecified atom stereocenters. The third-order valence-corrected chi connectivity index (χ3v) is 6.17. The number of para-hydroxylation sites is 2. The molecule has 0 bridgehead atoms. The standard InChI is InChI=1S/C27H25FN4O3/c1-35-22-6-4-5-19(17-22)26-23(18-32(29-26)21-11-9-20(28)10-12-21)27(34)31-15-13-30(14-16-31)24-7-2-3-8-25(24)33/h2-12,17-18,33H,13-16H2,1H3. The van der Waals surface area contributed by atoms with E-state index in [1.54, 1.807) is 47.2 Å². The molecule has 0 radical (unpaired) electrons. The van der Waals surface area contributed by atoms with Crippen molar-refractivity contribution in [2.24, 2.45) is 0 Å². The van der Waals surface area contributed by atoms with Crippen LogP contribution < -0.4 is 9.64 Å². The molecule has 2 heterocycles. The Hall–Kier alpha value is -4.33. The van der Waals surface area contributed by atoms with Crippen LogP contribution in [0.4, 0.5) is 10.1 Å². The zero-order valence-electron chi connectivity index (χ0n) is 19.3. The molecule has 178 valence electrons. The number of piperazine rings is 1. The van der Waals surface area contributed by atoms with Gasteiger partial charge in [0.2, 0.25) is 0 Å². The Bertz CT molecular complexity index is 1340. The minimum atomic E-state index is -0.340. The fourth-order valence-electron chi connectivity index (χ4n) is 4.29. The number of methoxy groups -OCH3 is 1. The molecule has 1 fully saturated rings. The molecule has 8 heteroatoms. The lowest BCUT2D eigenvalue weighted by molar-refractivity contribution is 0.0747. The second-order valence-corrected chi connectivity index (χ2v) is 8.31. The van der Waals surface area contributed by atoms with E-state index < -0.39 is 0 Å². The molecule has 1 N–H and O–H groups in total. The maximum Gasteiger partial charge on any atom is 0.257 e. The van der Waals surface area contributed by atoms with E-state index in [1.807, 2.05) is 36.4 Å². The number of carbonyl (C=O) groups is 1. The first kappa shape index (κ1) is 22.5. The van der Waals surface area contributed by atoms with Crippen molar-refractivity contribution in [3.63, 3.8) is 0 Å². The van der Waals surface area contributed by atoms with Gasteiger partial charge in [-0.2, -0.15) is 5.10 Å². The lowest BCUT2D eigenvalue weighted by Gasteiger charge is -2.36. The number of ether oxygens (including phenoxy) is 1. The quantitative estimate of drug-likeness (QED) is 0.468. The predicted molar refractivity (Wildman–Crippen MR) is 132 cm³/mol. The van der Waals surface area contributed by atoms with Crippen molar-refractivity contribution >= 4 is 11.6 Å². The Kier molecular flexibility index (Phi) is 6.10. The monoisotopic (exact) mass is 472 g/mol. The SMILES string of the molecule is COc1cccc(-c2nn(-c3ccc(F)cc3)cc2C(=O)N2CCN(c3ccccc3O)CC2)c1. The largest absolute Gasteiger partial charge is 0.506 e. The van der Waals surface area contributed by atoms with Gasteiger partial charge in [0.05, 0.1) is 24.0 Å². The number of rotatable bonds is 5. The number of phenolic OH excluding ortho intramolecular Hbond substituents is 1. The summed E-state index contributed by atoms with van der Waals surface area (Å²) in [4.78, 5) is 17.5. The highest BCUT2D eigenvalue weighted by atomic mass is 19.1. The van der Waals surface area contributed by atoms with Crippen LogP contribution in [-0.4, -0.2) is 59.0 Å². The first-order valence-electron chi connectivity index (χ1n) is 11.4. The minimum absolute atomic E-state index is 0.131. The van der Waals surface area contributed by atoms with E-state index in [1.165, 1.54) is 12.1 Å². The summed E-state index contributed by atoms with van der Waals surface area (Å²) in [6.45, 7) is 2.21. The van der Waals surface area contributed by atoms with Gasteiger partial charge in [-0.1, -0.05) is 24.3 Å². The normalized spacial score (nSPS) is 13.7. The van der Waals surface area contributed by atoms with E-state index in [2.05, 4.69) is 4.90 Å². The molecule has 0 spiro atoms. The van der Waals surface area contributed by atoms with E-state index in [9.17, 15) is 14.3 Å². The zero-order chi connectivity index (χ0) is 24.4. The van der Waals surface area contributed by atoms with Crippen LogP contribution in [0.25, 0.3) is 16.9 Å². The average molecular weight is 473 g/mol. The second-order valence-electron chi connectivity index (χ2n) is 8.31. The summed E-state index contributed by atoms with van der Waals surface area (Å²) in [5, 5.41) is 14.9. The molecule has 0 aliphatic carbocycles. The van der Waals surface area contributed by atoms with Crippen LogP contribution in [0.1, 0.15) is 10.4 Å². The smallest absolute Gasteiger partial charge is 0.257 e. The molecule has 1 aliphatic rings. The van der Waals surface area contributed by atoms with Crippen LogP contribution in [0.5, 0.6) is 11.5 Å². The molecule has 0 saturated carbocycles. The van der Waals surface area contributed by atoms with Gasteiger partial charge < -0.3 is 19.6 Å². The van der Waals surface area contributed by atoms with Gasteiger partial charge in [0.15, 0.2) is 0 Å². The number of phenols is 1. The molecule has 0 atom stereocenters. The van der Waals surface area contributed by atoms with Gasteiger partial charge >= 0.3 is 0 Å². The van der Waals surface area contributed by atoms with Gasteiger partial charge in [-0.05, 0) is 48.5 Å². The van der Waals surface area contributed by atoms with Crippen LogP contribution in [0.15, 0.2) is 79.0 Å². The Labute approximate surface area is 202 Å². The zero-order valence-corrected chi connectivity index (χ0v) is 19.3. The number of carbonyl (C=O) groups excluding carboxylic acids is 1. The van der Waals surface area contributed by atoms with Gasteiger partial charge in [-0.3, -0.25) is 4.79 Å². The molecule has 35 heavy (non-hydrogen) atoms. The number of hydrogen-bond donors (Lipinski definition) is 1. The third-order valence-electron chi connectivity index (χ3n) is 6.17. The van der Waals surface area contributed by atoms with Gasteiger partial charge in [0.1, 0.15) is 23.0 Å².